The van der Waals surface area contributed by atoms with Crippen molar-refractivity contribution in [2.24, 2.45) is 5.92 Å². The van der Waals surface area contributed by atoms with Crippen molar-refractivity contribution in [1.82, 2.24) is 10.2 Å². The molecule has 2 rings (SSSR count). The van der Waals surface area contributed by atoms with Crippen molar-refractivity contribution < 1.29 is 0 Å². The molecule has 1 heterocycles. The minimum absolute atomic E-state index is 0.529. The SMILES string of the molecule is CC(C)C1CN(Cc2c(Cl)cccc2Cl)C(C)CCN1. The molecule has 2 atom stereocenters. The maximum Gasteiger partial charge on any atom is 0.0465 e. The smallest absolute Gasteiger partial charge is 0.0465 e. The first kappa shape index (κ1) is 16.1. The number of nitrogens with one attached hydrogen (secondary N) is 1. The summed E-state index contributed by atoms with van der Waals surface area (Å²) in [5.41, 5.74) is 1.05. The summed E-state index contributed by atoms with van der Waals surface area (Å²) in [6, 6.07) is 6.81. The van der Waals surface area contributed by atoms with Crippen molar-refractivity contribution in [3.05, 3.63) is 33.8 Å². The third kappa shape index (κ3) is 3.88. The predicted octanol–water partition coefficient (Wildman–Crippen LogP) is 4.20. The van der Waals surface area contributed by atoms with Crippen molar-refractivity contribution in [2.45, 2.75) is 45.8 Å². The van der Waals surface area contributed by atoms with Crippen molar-refractivity contribution in [3.63, 3.8) is 0 Å². The molecule has 2 nitrogen and oxygen atoms in total. The number of hydrogen-bond acceptors (Lipinski definition) is 2. The molecular formula is C16H24Cl2N2. The van der Waals surface area contributed by atoms with E-state index in [-0.39, 0.29) is 0 Å². The lowest BCUT2D eigenvalue weighted by atomic mass is 10.0. The summed E-state index contributed by atoms with van der Waals surface area (Å²) in [7, 11) is 0. The van der Waals surface area contributed by atoms with Crippen LogP contribution >= 0.6 is 23.2 Å². The van der Waals surface area contributed by atoms with Gasteiger partial charge in [-0.2, -0.15) is 0 Å². The van der Waals surface area contributed by atoms with Crippen LogP contribution in [-0.4, -0.2) is 30.1 Å². The van der Waals surface area contributed by atoms with Gasteiger partial charge in [0.1, 0.15) is 0 Å². The molecule has 0 radical (unpaired) electrons. The van der Waals surface area contributed by atoms with Gasteiger partial charge in [0.25, 0.3) is 0 Å². The Morgan fingerprint density at radius 1 is 1.30 bits per heavy atom. The van der Waals surface area contributed by atoms with Crippen molar-refractivity contribution >= 4 is 23.2 Å². The van der Waals surface area contributed by atoms with Crippen LogP contribution in [0.4, 0.5) is 0 Å². The lowest BCUT2D eigenvalue weighted by Gasteiger charge is -2.31. The van der Waals surface area contributed by atoms with E-state index in [1.54, 1.807) is 0 Å². The lowest BCUT2D eigenvalue weighted by molar-refractivity contribution is 0.184. The zero-order valence-corrected chi connectivity index (χ0v) is 14.0. The van der Waals surface area contributed by atoms with E-state index < -0.39 is 0 Å². The zero-order chi connectivity index (χ0) is 14.7. The number of rotatable bonds is 3. The van der Waals surface area contributed by atoms with Gasteiger partial charge in [0.05, 0.1) is 0 Å². The van der Waals surface area contributed by atoms with Gasteiger partial charge in [-0.3, -0.25) is 4.90 Å². The van der Waals surface area contributed by atoms with Crippen molar-refractivity contribution in [2.75, 3.05) is 13.1 Å². The second-order valence-electron chi connectivity index (χ2n) is 6.07. The second-order valence-corrected chi connectivity index (χ2v) is 6.89. The molecule has 0 saturated carbocycles. The minimum Gasteiger partial charge on any atom is -0.312 e. The monoisotopic (exact) mass is 314 g/mol. The molecule has 0 aliphatic carbocycles. The van der Waals surface area contributed by atoms with Gasteiger partial charge in [0, 0.05) is 40.8 Å². The molecule has 1 fully saturated rings. The summed E-state index contributed by atoms with van der Waals surface area (Å²) >= 11 is 12.6. The first-order valence-corrected chi connectivity index (χ1v) is 8.15. The molecule has 0 spiro atoms. The van der Waals surface area contributed by atoms with E-state index in [0.29, 0.717) is 18.0 Å². The fourth-order valence-corrected chi connectivity index (χ4v) is 3.23. The van der Waals surface area contributed by atoms with Crippen LogP contribution in [0.5, 0.6) is 0 Å². The van der Waals surface area contributed by atoms with Gasteiger partial charge in [0.2, 0.25) is 0 Å². The van der Waals surface area contributed by atoms with Gasteiger partial charge < -0.3 is 5.32 Å². The quantitative estimate of drug-likeness (QED) is 0.899. The normalized spacial score (nSPS) is 24.9. The molecule has 1 saturated heterocycles. The number of benzene rings is 1. The maximum atomic E-state index is 6.31. The average Bonchev–Trinajstić information content (AvgIpc) is 2.56. The largest absolute Gasteiger partial charge is 0.312 e. The Kier molecular flexibility index (Phi) is 5.74. The Hall–Kier alpha value is -0.280. The fraction of sp³-hybridized carbons (Fsp3) is 0.625. The molecule has 4 heteroatoms. The Bertz CT molecular complexity index is 428. The van der Waals surface area contributed by atoms with Gasteiger partial charge in [-0.05, 0) is 37.9 Å². The third-order valence-corrected chi connectivity index (χ3v) is 4.96. The van der Waals surface area contributed by atoms with Crippen LogP contribution in [0.1, 0.15) is 32.8 Å². The fourth-order valence-electron chi connectivity index (χ4n) is 2.71. The van der Waals surface area contributed by atoms with E-state index in [0.717, 1.165) is 41.7 Å². The van der Waals surface area contributed by atoms with Crippen molar-refractivity contribution in [1.29, 1.82) is 0 Å². The van der Waals surface area contributed by atoms with Crippen molar-refractivity contribution in [3.8, 4) is 0 Å². The molecule has 112 valence electrons. The lowest BCUT2D eigenvalue weighted by Crippen LogP contribution is -2.42. The summed E-state index contributed by atoms with van der Waals surface area (Å²) in [5.74, 6) is 0.629. The highest BCUT2D eigenvalue weighted by molar-refractivity contribution is 6.35. The van der Waals surface area contributed by atoms with Gasteiger partial charge in [-0.15, -0.1) is 0 Å². The molecule has 0 amide bonds. The highest BCUT2D eigenvalue weighted by Gasteiger charge is 2.25. The zero-order valence-electron chi connectivity index (χ0n) is 12.5. The van der Waals surface area contributed by atoms with Crippen LogP contribution in [-0.2, 0) is 6.54 Å². The number of nitrogens with zero attached hydrogens (tertiary/aromatic N) is 1. The van der Waals surface area contributed by atoms with E-state index >= 15 is 0 Å². The molecule has 1 N–H and O–H groups in total. The first-order chi connectivity index (χ1) is 9.49. The van der Waals surface area contributed by atoms with Crippen LogP contribution in [0.25, 0.3) is 0 Å². The van der Waals surface area contributed by atoms with E-state index in [4.69, 9.17) is 23.2 Å². The molecule has 1 aromatic rings. The Morgan fingerprint density at radius 3 is 2.55 bits per heavy atom. The summed E-state index contributed by atoms with van der Waals surface area (Å²) in [4.78, 5) is 2.50. The molecular weight excluding hydrogens is 291 g/mol. The van der Waals surface area contributed by atoms with Gasteiger partial charge in [0.15, 0.2) is 0 Å². The van der Waals surface area contributed by atoms with Gasteiger partial charge in [-0.1, -0.05) is 43.1 Å². The molecule has 20 heavy (non-hydrogen) atoms. The molecule has 1 aromatic carbocycles. The molecule has 0 bridgehead atoms. The molecule has 0 aromatic heterocycles. The Morgan fingerprint density at radius 2 is 1.95 bits per heavy atom. The highest BCUT2D eigenvalue weighted by Crippen LogP contribution is 2.27. The minimum atomic E-state index is 0.529. The number of hydrogen-bond donors (Lipinski definition) is 1. The summed E-state index contributed by atoms with van der Waals surface area (Å²) in [5, 5.41) is 5.18. The first-order valence-electron chi connectivity index (χ1n) is 7.39. The highest BCUT2D eigenvalue weighted by atomic mass is 35.5. The standard InChI is InChI=1S/C16H24Cl2N2/c1-11(2)16-10-20(12(3)7-8-19-16)9-13-14(17)5-4-6-15(13)18/h4-6,11-12,16,19H,7-10H2,1-3H3. The maximum absolute atomic E-state index is 6.31. The van der Waals surface area contributed by atoms with E-state index in [1.807, 2.05) is 18.2 Å². The number of halogens is 2. The van der Waals surface area contributed by atoms with Crippen LogP contribution in [0.2, 0.25) is 10.0 Å². The summed E-state index contributed by atoms with van der Waals surface area (Å²) in [6.45, 7) is 9.78. The molecule has 1 aliphatic rings. The van der Waals surface area contributed by atoms with E-state index in [9.17, 15) is 0 Å². The summed E-state index contributed by atoms with van der Waals surface area (Å²) in [6.07, 6.45) is 1.16. The average molecular weight is 315 g/mol. The Labute approximate surface area is 132 Å². The summed E-state index contributed by atoms with van der Waals surface area (Å²) < 4.78 is 0. The van der Waals surface area contributed by atoms with Crippen LogP contribution in [0.15, 0.2) is 18.2 Å². The van der Waals surface area contributed by atoms with Crippen LogP contribution in [0, 0.1) is 5.92 Å². The molecule has 1 aliphatic heterocycles. The topological polar surface area (TPSA) is 15.3 Å². The third-order valence-electron chi connectivity index (χ3n) is 4.25. The second kappa shape index (κ2) is 7.13. The van der Waals surface area contributed by atoms with Crippen LogP contribution < -0.4 is 5.32 Å². The van der Waals surface area contributed by atoms with E-state index in [1.165, 1.54) is 0 Å². The van der Waals surface area contributed by atoms with Gasteiger partial charge >= 0.3 is 0 Å². The van der Waals surface area contributed by atoms with Crippen LogP contribution in [0.3, 0.4) is 0 Å². The Balaban J connectivity index is 2.16. The van der Waals surface area contributed by atoms with E-state index in [2.05, 4.69) is 31.0 Å². The predicted molar refractivity (Wildman–Crippen MR) is 87.6 cm³/mol. The molecule has 2 unspecified atom stereocenters. The van der Waals surface area contributed by atoms with Gasteiger partial charge in [-0.25, -0.2) is 0 Å².